The van der Waals surface area contributed by atoms with Crippen molar-refractivity contribution in [3.05, 3.63) is 42.0 Å². The van der Waals surface area contributed by atoms with Crippen LogP contribution in [0.25, 0.3) is 0 Å². The number of methoxy groups -OCH3 is 1. The Morgan fingerprint density at radius 2 is 2.11 bits per heavy atom. The van der Waals surface area contributed by atoms with Crippen molar-refractivity contribution >= 4 is 11.9 Å². The number of nitrogens with zero attached hydrogens (tertiary/aromatic N) is 3. The van der Waals surface area contributed by atoms with Gasteiger partial charge < -0.3 is 25.4 Å². The molecule has 9 heteroatoms. The van der Waals surface area contributed by atoms with Gasteiger partial charge in [0, 0.05) is 37.9 Å². The molecule has 0 spiro atoms. The summed E-state index contributed by atoms with van der Waals surface area (Å²) in [7, 11) is 1.52. The molecule has 1 amide bonds. The molecule has 1 aromatic heterocycles. The predicted octanol–water partition coefficient (Wildman–Crippen LogP) is 1.36. The molecule has 0 atom stereocenters. The maximum atomic E-state index is 13.3. The van der Waals surface area contributed by atoms with Gasteiger partial charge >= 0.3 is 0 Å². The number of carbonyl (C=O) groups is 1. The van der Waals surface area contributed by atoms with Gasteiger partial charge in [0.2, 0.25) is 5.95 Å². The number of rotatable bonds is 8. The summed E-state index contributed by atoms with van der Waals surface area (Å²) in [6, 6.07) is 6.04. The van der Waals surface area contributed by atoms with Gasteiger partial charge in [-0.2, -0.15) is 0 Å². The SMILES string of the molecule is COc1ccc(F)cc1OCCNC1CCN(c2nccc(C(N)=O)n2)CC1. The number of nitrogens with two attached hydrogens (primary N) is 1. The highest BCUT2D eigenvalue weighted by molar-refractivity contribution is 5.90. The van der Waals surface area contributed by atoms with Gasteiger partial charge in [0.15, 0.2) is 11.5 Å². The summed E-state index contributed by atoms with van der Waals surface area (Å²) in [5.41, 5.74) is 5.49. The minimum absolute atomic E-state index is 0.218. The van der Waals surface area contributed by atoms with Crippen molar-refractivity contribution in [2.45, 2.75) is 18.9 Å². The second-order valence-corrected chi connectivity index (χ2v) is 6.47. The number of ether oxygens (including phenoxy) is 2. The highest BCUT2D eigenvalue weighted by Crippen LogP contribution is 2.27. The van der Waals surface area contributed by atoms with E-state index in [1.54, 1.807) is 12.3 Å². The summed E-state index contributed by atoms with van der Waals surface area (Å²) < 4.78 is 24.1. The number of benzene rings is 1. The van der Waals surface area contributed by atoms with E-state index in [2.05, 4.69) is 15.3 Å². The van der Waals surface area contributed by atoms with Crippen LogP contribution in [0.4, 0.5) is 10.3 Å². The van der Waals surface area contributed by atoms with E-state index in [0.29, 0.717) is 36.6 Å². The molecule has 3 N–H and O–H groups in total. The van der Waals surface area contributed by atoms with E-state index in [0.717, 1.165) is 25.9 Å². The number of halogens is 1. The van der Waals surface area contributed by atoms with Crippen LogP contribution in [0.5, 0.6) is 11.5 Å². The zero-order chi connectivity index (χ0) is 19.9. The van der Waals surface area contributed by atoms with Crippen molar-refractivity contribution in [2.24, 2.45) is 5.73 Å². The number of aromatic nitrogens is 2. The molecule has 0 saturated carbocycles. The van der Waals surface area contributed by atoms with Gasteiger partial charge in [0.05, 0.1) is 7.11 Å². The molecular weight excluding hydrogens is 365 g/mol. The van der Waals surface area contributed by atoms with Crippen LogP contribution in [-0.2, 0) is 0 Å². The Hall–Kier alpha value is -2.94. The Morgan fingerprint density at radius 1 is 1.32 bits per heavy atom. The third-order valence-corrected chi connectivity index (χ3v) is 4.59. The lowest BCUT2D eigenvalue weighted by Crippen LogP contribution is -2.44. The summed E-state index contributed by atoms with van der Waals surface area (Å²) in [4.78, 5) is 21.7. The zero-order valence-corrected chi connectivity index (χ0v) is 15.7. The van der Waals surface area contributed by atoms with Gasteiger partial charge in [-0.25, -0.2) is 14.4 Å². The van der Waals surface area contributed by atoms with Gasteiger partial charge in [-0.15, -0.1) is 0 Å². The lowest BCUT2D eigenvalue weighted by molar-refractivity contribution is 0.0995. The van der Waals surface area contributed by atoms with Crippen LogP contribution in [-0.4, -0.2) is 55.3 Å². The lowest BCUT2D eigenvalue weighted by Gasteiger charge is -2.32. The second kappa shape index (κ2) is 9.32. The summed E-state index contributed by atoms with van der Waals surface area (Å²) in [6.45, 7) is 2.60. The number of primary amides is 1. The topological polar surface area (TPSA) is 103 Å². The molecule has 3 rings (SSSR count). The Labute approximate surface area is 162 Å². The first kappa shape index (κ1) is 19.8. The molecule has 1 aliphatic heterocycles. The van der Waals surface area contributed by atoms with Crippen LogP contribution in [0, 0.1) is 5.82 Å². The van der Waals surface area contributed by atoms with E-state index in [4.69, 9.17) is 15.2 Å². The van der Waals surface area contributed by atoms with Crippen LogP contribution in [0.2, 0.25) is 0 Å². The molecule has 2 heterocycles. The molecule has 0 bridgehead atoms. The highest BCUT2D eigenvalue weighted by Gasteiger charge is 2.21. The first-order valence-corrected chi connectivity index (χ1v) is 9.14. The zero-order valence-electron chi connectivity index (χ0n) is 15.7. The summed E-state index contributed by atoms with van der Waals surface area (Å²) in [5, 5.41) is 3.44. The molecule has 8 nitrogen and oxygen atoms in total. The second-order valence-electron chi connectivity index (χ2n) is 6.47. The van der Waals surface area contributed by atoms with E-state index in [1.807, 2.05) is 4.90 Å². The highest BCUT2D eigenvalue weighted by atomic mass is 19.1. The number of hydrogen-bond acceptors (Lipinski definition) is 7. The smallest absolute Gasteiger partial charge is 0.267 e. The molecule has 28 heavy (non-hydrogen) atoms. The number of piperidine rings is 1. The fourth-order valence-electron chi connectivity index (χ4n) is 3.11. The Balaban J connectivity index is 1.42. The number of amides is 1. The maximum absolute atomic E-state index is 13.3. The van der Waals surface area contributed by atoms with Crippen LogP contribution >= 0.6 is 0 Å². The largest absolute Gasteiger partial charge is 0.493 e. The number of hydrogen-bond donors (Lipinski definition) is 2. The minimum atomic E-state index is -0.560. The molecule has 0 radical (unpaired) electrons. The van der Waals surface area contributed by atoms with Crippen LogP contribution in [0.1, 0.15) is 23.3 Å². The molecular formula is C19H24FN5O3. The number of anilines is 1. The van der Waals surface area contributed by atoms with Gasteiger partial charge in [-0.1, -0.05) is 0 Å². The lowest BCUT2D eigenvalue weighted by atomic mass is 10.1. The van der Waals surface area contributed by atoms with Crippen molar-refractivity contribution in [2.75, 3.05) is 38.3 Å². The normalized spacial score (nSPS) is 14.7. The van der Waals surface area contributed by atoms with Gasteiger partial charge in [0.1, 0.15) is 18.1 Å². The van der Waals surface area contributed by atoms with Crippen molar-refractivity contribution in [1.29, 1.82) is 0 Å². The first-order chi connectivity index (χ1) is 13.6. The maximum Gasteiger partial charge on any atom is 0.267 e. The molecule has 1 aliphatic rings. The predicted molar refractivity (Wildman–Crippen MR) is 102 cm³/mol. The average molecular weight is 389 g/mol. The van der Waals surface area contributed by atoms with Crippen LogP contribution < -0.4 is 25.4 Å². The molecule has 150 valence electrons. The van der Waals surface area contributed by atoms with E-state index in [1.165, 1.54) is 25.3 Å². The minimum Gasteiger partial charge on any atom is -0.493 e. The first-order valence-electron chi connectivity index (χ1n) is 9.14. The molecule has 0 aliphatic carbocycles. The van der Waals surface area contributed by atoms with E-state index in [-0.39, 0.29) is 11.5 Å². The van der Waals surface area contributed by atoms with Gasteiger partial charge in [-0.05, 0) is 31.0 Å². The van der Waals surface area contributed by atoms with E-state index >= 15 is 0 Å². The Kier molecular flexibility index (Phi) is 6.59. The van der Waals surface area contributed by atoms with Crippen molar-refractivity contribution in [3.8, 4) is 11.5 Å². The molecule has 1 fully saturated rings. The Morgan fingerprint density at radius 3 is 2.82 bits per heavy atom. The molecule has 1 saturated heterocycles. The Bertz CT molecular complexity index is 812. The van der Waals surface area contributed by atoms with E-state index < -0.39 is 5.91 Å². The molecule has 1 aromatic carbocycles. The fraction of sp³-hybridized carbons (Fsp3) is 0.421. The summed E-state index contributed by atoms with van der Waals surface area (Å²) >= 11 is 0. The third-order valence-electron chi connectivity index (χ3n) is 4.59. The standard InChI is InChI=1S/C19H24FN5O3/c1-27-16-3-2-13(20)12-17(16)28-11-8-22-14-5-9-25(10-6-14)19-23-7-4-15(24-19)18(21)26/h2-4,7,12,14,22H,5-6,8-11H2,1H3,(H2,21,26). The average Bonchev–Trinajstić information content (AvgIpc) is 2.72. The van der Waals surface area contributed by atoms with Gasteiger partial charge in [0.25, 0.3) is 5.91 Å². The number of nitrogens with one attached hydrogen (secondary N) is 1. The summed E-state index contributed by atoms with van der Waals surface area (Å²) in [6.07, 6.45) is 3.37. The number of carbonyl (C=O) groups excluding carboxylic acids is 1. The summed E-state index contributed by atoms with van der Waals surface area (Å²) in [5.74, 6) is 0.503. The molecule has 2 aromatic rings. The quantitative estimate of drug-likeness (QED) is 0.657. The fourth-order valence-corrected chi connectivity index (χ4v) is 3.11. The van der Waals surface area contributed by atoms with Crippen molar-refractivity contribution in [3.63, 3.8) is 0 Å². The van der Waals surface area contributed by atoms with Crippen LogP contribution in [0.15, 0.2) is 30.5 Å². The molecule has 0 unspecified atom stereocenters. The van der Waals surface area contributed by atoms with Crippen molar-refractivity contribution in [1.82, 2.24) is 15.3 Å². The van der Waals surface area contributed by atoms with E-state index in [9.17, 15) is 9.18 Å². The van der Waals surface area contributed by atoms with Gasteiger partial charge in [-0.3, -0.25) is 4.79 Å². The van der Waals surface area contributed by atoms with Crippen molar-refractivity contribution < 1.29 is 18.7 Å². The monoisotopic (exact) mass is 389 g/mol. The third kappa shape index (κ3) is 5.07. The van der Waals surface area contributed by atoms with Crippen LogP contribution in [0.3, 0.4) is 0 Å².